The SMILES string of the molecule is C=CCCCCCC(NC)C(OCC)C1CCCCC1. The number of allylic oxidation sites excluding steroid dienone is 1. The number of hydrogen-bond acceptors (Lipinski definition) is 2. The van der Waals surface area contributed by atoms with Gasteiger partial charge in [0.1, 0.15) is 0 Å². The molecule has 1 rings (SSSR count). The first kappa shape index (κ1) is 17.7. The molecule has 2 nitrogen and oxygen atoms in total. The fraction of sp³-hybridized carbons (Fsp3) is 0.889. The Labute approximate surface area is 126 Å². The molecule has 1 fully saturated rings. The molecular weight excluding hydrogens is 246 g/mol. The Morgan fingerprint density at radius 2 is 1.95 bits per heavy atom. The number of ether oxygens (including phenoxy) is 1. The first-order chi connectivity index (χ1) is 9.83. The van der Waals surface area contributed by atoms with Crippen molar-refractivity contribution in [2.45, 2.75) is 83.3 Å². The van der Waals surface area contributed by atoms with Crippen LogP contribution in [0.1, 0.15) is 71.1 Å². The minimum absolute atomic E-state index is 0.421. The Bertz CT molecular complexity index is 236. The lowest BCUT2D eigenvalue weighted by Gasteiger charge is -2.35. The molecule has 0 aromatic rings. The van der Waals surface area contributed by atoms with Crippen molar-refractivity contribution in [3.05, 3.63) is 12.7 Å². The molecule has 0 saturated heterocycles. The van der Waals surface area contributed by atoms with Crippen LogP contribution < -0.4 is 5.32 Å². The van der Waals surface area contributed by atoms with Crippen molar-refractivity contribution >= 4 is 0 Å². The predicted octanol–water partition coefficient (Wildman–Crippen LogP) is 4.70. The first-order valence-corrected chi connectivity index (χ1v) is 8.73. The standard InChI is InChI=1S/C18H35NO/c1-4-6-7-8-12-15-17(19-3)18(20-5-2)16-13-10-9-11-14-16/h4,16-19H,1,5-15H2,2-3H3. The van der Waals surface area contributed by atoms with Crippen molar-refractivity contribution in [3.63, 3.8) is 0 Å². The Kier molecular flexibility index (Phi) is 10.0. The van der Waals surface area contributed by atoms with E-state index in [9.17, 15) is 0 Å². The molecule has 0 spiro atoms. The topological polar surface area (TPSA) is 21.3 Å². The maximum Gasteiger partial charge on any atom is 0.0755 e. The summed E-state index contributed by atoms with van der Waals surface area (Å²) in [6.07, 6.45) is 15.7. The maximum absolute atomic E-state index is 6.13. The van der Waals surface area contributed by atoms with E-state index in [0.29, 0.717) is 12.1 Å². The van der Waals surface area contributed by atoms with E-state index in [0.717, 1.165) is 18.9 Å². The summed E-state index contributed by atoms with van der Waals surface area (Å²) in [5, 5.41) is 3.53. The molecule has 1 N–H and O–H groups in total. The van der Waals surface area contributed by atoms with Crippen LogP contribution in [0.3, 0.4) is 0 Å². The Morgan fingerprint density at radius 1 is 1.20 bits per heavy atom. The highest BCUT2D eigenvalue weighted by molar-refractivity contribution is 4.84. The Morgan fingerprint density at radius 3 is 2.55 bits per heavy atom. The smallest absolute Gasteiger partial charge is 0.0755 e. The molecule has 0 bridgehead atoms. The van der Waals surface area contributed by atoms with Gasteiger partial charge in [-0.2, -0.15) is 0 Å². The van der Waals surface area contributed by atoms with Crippen molar-refractivity contribution in [1.82, 2.24) is 5.32 Å². The van der Waals surface area contributed by atoms with E-state index >= 15 is 0 Å². The molecule has 0 amide bonds. The predicted molar refractivity (Wildman–Crippen MR) is 88.1 cm³/mol. The molecular formula is C18H35NO. The van der Waals surface area contributed by atoms with Crippen LogP contribution in [0.2, 0.25) is 0 Å². The normalized spacial score (nSPS) is 19.7. The van der Waals surface area contributed by atoms with Crippen LogP contribution in [-0.2, 0) is 4.74 Å². The molecule has 118 valence electrons. The van der Waals surface area contributed by atoms with Crippen molar-refractivity contribution in [2.75, 3.05) is 13.7 Å². The van der Waals surface area contributed by atoms with Crippen molar-refractivity contribution < 1.29 is 4.74 Å². The van der Waals surface area contributed by atoms with Crippen LogP contribution in [0.5, 0.6) is 0 Å². The highest BCUT2D eigenvalue weighted by Gasteiger charge is 2.29. The Balaban J connectivity index is 2.40. The highest BCUT2D eigenvalue weighted by Crippen LogP contribution is 2.30. The number of unbranched alkanes of at least 4 members (excludes halogenated alkanes) is 3. The summed E-state index contributed by atoms with van der Waals surface area (Å²) in [5.41, 5.74) is 0. The van der Waals surface area contributed by atoms with Crippen LogP contribution in [0.4, 0.5) is 0 Å². The van der Waals surface area contributed by atoms with Gasteiger partial charge in [0.15, 0.2) is 0 Å². The lowest BCUT2D eigenvalue weighted by Crippen LogP contribution is -2.44. The molecule has 20 heavy (non-hydrogen) atoms. The van der Waals surface area contributed by atoms with Crippen LogP contribution in [0.25, 0.3) is 0 Å². The molecule has 2 unspecified atom stereocenters. The third-order valence-electron chi connectivity index (χ3n) is 4.66. The zero-order valence-corrected chi connectivity index (χ0v) is 13.7. The van der Waals surface area contributed by atoms with E-state index < -0.39 is 0 Å². The second-order valence-corrected chi connectivity index (χ2v) is 6.14. The summed E-state index contributed by atoms with van der Waals surface area (Å²) in [4.78, 5) is 0. The molecule has 0 aromatic heterocycles. The first-order valence-electron chi connectivity index (χ1n) is 8.73. The van der Waals surface area contributed by atoms with Gasteiger partial charge in [0.25, 0.3) is 0 Å². The molecule has 2 heteroatoms. The van der Waals surface area contributed by atoms with Gasteiger partial charge >= 0.3 is 0 Å². The summed E-state index contributed by atoms with van der Waals surface area (Å²) in [5.74, 6) is 0.773. The molecule has 1 aliphatic carbocycles. The van der Waals surface area contributed by atoms with Gasteiger partial charge in [0.2, 0.25) is 0 Å². The van der Waals surface area contributed by atoms with Crippen LogP contribution in [0.15, 0.2) is 12.7 Å². The minimum Gasteiger partial charge on any atom is -0.377 e. The van der Waals surface area contributed by atoms with E-state index in [1.807, 2.05) is 6.08 Å². The average Bonchev–Trinajstić information content (AvgIpc) is 2.50. The summed E-state index contributed by atoms with van der Waals surface area (Å²) < 4.78 is 6.13. The van der Waals surface area contributed by atoms with Crippen molar-refractivity contribution in [2.24, 2.45) is 5.92 Å². The number of hydrogen-bond donors (Lipinski definition) is 1. The third kappa shape index (κ3) is 6.41. The van der Waals surface area contributed by atoms with E-state index in [-0.39, 0.29) is 0 Å². The van der Waals surface area contributed by atoms with Gasteiger partial charge in [-0.05, 0) is 52.0 Å². The lowest BCUT2D eigenvalue weighted by atomic mass is 9.81. The lowest BCUT2D eigenvalue weighted by molar-refractivity contribution is -0.0182. The van der Waals surface area contributed by atoms with E-state index in [1.54, 1.807) is 0 Å². The zero-order valence-electron chi connectivity index (χ0n) is 13.7. The van der Waals surface area contributed by atoms with Crippen molar-refractivity contribution in [1.29, 1.82) is 0 Å². The molecule has 0 radical (unpaired) electrons. The Hall–Kier alpha value is -0.340. The zero-order chi connectivity index (χ0) is 14.6. The molecule has 2 atom stereocenters. The second-order valence-electron chi connectivity index (χ2n) is 6.14. The molecule has 1 aliphatic rings. The molecule has 0 aromatic carbocycles. The van der Waals surface area contributed by atoms with E-state index in [1.165, 1.54) is 57.8 Å². The highest BCUT2D eigenvalue weighted by atomic mass is 16.5. The summed E-state index contributed by atoms with van der Waals surface area (Å²) in [6.45, 7) is 6.77. The fourth-order valence-corrected chi connectivity index (χ4v) is 3.54. The van der Waals surface area contributed by atoms with Gasteiger partial charge in [-0.3, -0.25) is 0 Å². The van der Waals surface area contributed by atoms with Crippen LogP contribution in [-0.4, -0.2) is 25.8 Å². The largest absolute Gasteiger partial charge is 0.377 e. The minimum atomic E-state index is 0.421. The van der Waals surface area contributed by atoms with E-state index in [4.69, 9.17) is 4.74 Å². The fourth-order valence-electron chi connectivity index (χ4n) is 3.54. The van der Waals surface area contributed by atoms with Gasteiger partial charge in [-0.1, -0.05) is 38.2 Å². The summed E-state index contributed by atoms with van der Waals surface area (Å²) in [6, 6.07) is 0.529. The second kappa shape index (κ2) is 11.3. The monoisotopic (exact) mass is 281 g/mol. The van der Waals surface area contributed by atoms with Gasteiger partial charge in [0.05, 0.1) is 6.10 Å². The number of nitrogens with one attached hydrogen (secondary N) is 1. The maximum atomic E-state index is 6.13. The molecule has 0 heterocycles. The summed E-state index contributed by atoms with van der Waals surface area (Å²) >= 11 is 0. The van der Waals surface area contributed by atoms with Gasteiger partial charge < -0.3 is 10.1 Å². The van der Waals surface area contributed by atoms with Gasteiger partial charge in [-0.25, -0.2) is 0 Å². The van der Waals surface area contributed by atoms with Gasteiger partial charge in [-0.15, -0.1) is 6.58 Å². The number of rotatable bonds is 11. The van der Waals surface area contributed by atoms with Crippen molar-refractivity contribution in [3.8, 4) is 0 Å². The van der Waals surface area contributed by atoms with E-state index in [2.05, 4.69) is 25.9 Å². The van der Waals surface area contributed by atoms with Gasteiger partial charge in [0, 0.05) is 12.6 Å². The van der Waals surface area contributed by atoms with Crippen LogP contribution >= 0.6 is 0 Å². The average molecular weight is 281 g/mol. The molecule has 0 aliphatic heterocycles. The third-order valence-corrected chi connectivity index (χ3v) is 4.66. The van der Waals surface area contributed by atoms with Crippen LogP contribution in [0, 0.1) is 5.92 Å². The molecule has 1 saturated carbocycles. The summed E-state index contributed by atoms with van der Waals surface area (Å²) in [7, 11) is 2.10. The number of likely N-dealkylation sites (N-methyl/N-ethyl adjacent to an activating group) is 1. The quantitative estimate of drug-likeness (QED) is 0.438.